The van der Waals surface area contributed by atoms with E-state index >= 15 is 0 Å². The van der Waals surface area contributed by atoms with E-state index in [0.29, 0.717) is 11.8 Å². The number of Topliss-reactive ketones (excluding diaryl/α,β-unsaturated/α-hetero) is 1. The molecule has 3 aromatic rings. The fourth-order valence-electron chi connectivity index (χ4n) is 6.68. The zero-order chi connectivity index (χ0) is 29.9. The van der Waals surface area contributed by atoms with Crippen LogP contribution < -0.4 is 10.6 Å². The number of benzene rings is 3. The van der Waals surface area contributed by atoms with Gasteiger partial charge in [0.25, 0.3) is 0 Å². The number of amides is 2. The Kier molecular flexibility index (Phi) is 8.69. The Morgan fingerprint density at radius 2 is 1.40 bits per heavy atom. The molecule has 1 saturated heterocycles. The highest BCUT2D eigenvalue weighted by Gasteiger charge is 2.40. The molecule has 3 aromatic carbocycles. The van der Waals surface area contributed by atoms with Gasteiger partial charge in [0.1, 0.15) is 0 Å². The van der Waals surface area contributed by atoms with Gasteiger partial charge in [-0.25, -0.2) is 4.79 Å². The molecule has 224 valence electrons. The summed E-state index contributed by atoms with van der Waals surface area (Å²) < 4.78 is 0. The van der Waals surface area contributed by atoms with Crippen molar-refractivity contribution in [3.8, 4) is 11.1 Å². The van der Waals surface area contributed by atoms with Gasteiger partial charge in [-0.05, 0) is 96.9 Å². The average molecular weight is 576 g/mol. The monoisotopic (exact) mass is 575 g/mol. The first kappa shape index (κ1) is 29.2. The average Bonchev–Trinajstić information content (AvgIpc) is 3.40. The normalized spacial score (nSPS) is 20.0. The molecule has 5 heteroatoms. The molecule has 2 unspecified atom stereocenters. The molecule has 0 spiro atoms. The summed E-state index contributed by atoms with van der Waals surface area (Å²) in [6, 6.07) is 24.9. The fraction of sp³-hybridized carbons (Fsp3) is 0.421. The molecule has 6 rings (SSSR count). The van der Waals surface area contributed by atoms with Crippen molar-refractivity contribution < 1.29 is 9.59 Å². The minimum absolute atomic E-state index is 0.0212. The number of carbonyl (C=O) groups excluding carboxylic acids is 2. The SMILES string of the molecule is CCC1CCN(C(=O)Nc2ccc(C(C)C)cc2)C1C(Nc1ccc(-c2ccc(C(=O)C3CCC3)cc2)cc1)=C1CCC1. The molecule has 2 N–H and O–H groups in total. The lowest BCUT2D eigenvalue weighted by Gasteiger charge is -2.35. The second kappa shape index (κ2) is 12.8. The topological polar surface area (TPSA) is 61.4 Å². The Bertz CT molecular complexity index is 1460. The molecule has 2 atom stereocenters. The Morgan fingerprint density at radius 1 is 0.791 bits per heavy atom. The summed E-state index contributed by atoms with van der Waals surface area (Å²) in [5.74, 6) is 1.39. The maximum atomic E-state index is 13.7. The smallest absolute Gasteiger partial charge is 0.322 e. The van der Waals surface area contributed by atoms with Crippen molar-refractivity contribution in [3.63, 3.8) is 0 Å². The van der Waals surface area contributed by atoms with Crippen LogP contribution in [0.3, 0.4) is 0 Å². The summed E-state index contributed by atoms with van der Waals surface area (Å²) in [7, 11) is 0. The summed E-state index contributed by atoms with van der Waals surface area (Å²) in [6.45, 7) is 7.36. The molecule has 0 bridgehead atoms. The van der Waals surface area contributed by atoms with Crippen LogP contribution in [0.25, 0.3) is 11.1 Å². The van der Waals surface area contributed by atoms with E-state index in [1.807, 2.05) is 24.3 Å². The molecule has 0 radical (unpaired) electrons. The van der Waals surface area contributed by atoms with Gasteiger partial charge in [-0.15, -0.1) is 0 Å². The molecule has 1 heterocycles. The standard InChI is InChI=1S/C38H45N3O2/c1-4-26-23-24-41(38(43)40-34-19-15-27(16-20-34)25(2)3)36(26)35(30-7-5-8-30)39-33-21-17-29(18-22-33)28-11-13-32(14-12-28)37(42)31-9-6-10-31/h11-22,25-26,31,36,39H,4-10,23-24H2,1-3H3,(H,40,43). The minimum Gasteiger partial charge on any atom is -0.357 e. The Labute approximate surface area is 256 Å². The lowest BCUT2D eigenvalue weighted by atomic mass is 9.80. The van der Waals surface area contributed by atoms with Gasteiger partial charge in [0.2, 0.25) is 0 Å². The van der Waals surface area contributed by atoms with Crippen LogP contribution in [-0.2, 0) is 0 Å². The third kappa shape index (κ3) is 6.27. The summed E-state index contributed by atoms with van der Waals surface area (Å²) in [4.78, 5) is 28.3. The van der Waals surface area contributed by atoms with Gasteiger partial charge in [0.15, 0.2) is 5.78 Å². The van der Waals surface area contributed by atoms with Crippen molar-refractivity contribution in [2.45, 2.75) is 84.1 Å². The van der Waals surface area contributed by atoms with E-state index in [0.717, 1.165) is 73.1 Å². The molecule has 2 amide bonds. The largest absolute Gasteiger partial charge is 0.357 e. The van der Waals surface area contributed by atoms with Crippen molar-refractivity contribution in [2.24, 2.45) is 11.8 Å². The lowest BCUT2D eigenvalue weighted by molar-refractivity contribution is 0.0855. The first-order chi connectivity index (χ1) is 20.9. The maximum Gasteiger partial charge on any atom is 0.322 e. The van der Waals surface area contributed by atoms with Crippen LogP contribution in [0.1, 0.15) is 94.0 Å². The van der Waals surface area contributed by atoms with Gasteiger partial charge in [-0.1, -0.05) is 82.1 Å². The Hall–Kier alpha value is -3.86. The quantitative estimate of drug-likeness (QED) is 0.250. The van der Waals surface area contributed by atoms with Crippen LogP contribution >= 0.6 is 0 Å². The van der Waals surface area contributed by atoms with Crippen molar-refractivity contribution in [1.29, 1.82) is 0 Å². The molecule has 43 heavy (non-hydrogen) atoms. The third-order valence-electron chi connectivity index (χ3n) is 9.91. The highest BCUT2D eigenvalue weighted by molar-refractivity contribution is 5.98. The van der Waals surface area contributed by atoms with Gasteiger partial charge < -0.3 is 15.5 Å². The van der Waals surface area contributed by atoms with Crippen molar-refractivity contribution >= 4 is 23.2 Å². The van der Waals surface area contributed by atoms with Crippen LogP contribution in [0.15, 0.2) is 84.1 Å². The zero-order valence-electron chi connectivity index (χ0n) is 25.9. The lowest BCUT2D eigenvalue weighted by Crippen LogP contribution is -2.44. The van der Waals surface area contributed by atoms with E-state index in [-0.39, 0.29) is 23.8 Å². The van der Waals surface area contributed by atoms with E-state index in [9.17, 15) is 9.59 Å². The number of carbonyl (C=O) groups is 2. The highest BCUT2D eigenvalue weighted by Crippen LogP contribution is 2.39. The predicted octanol–water partition coefficient (Wildman–Crippen LogP) is 9.64. The summed E-state index contributed by atoms with van der Waals surface area (Å²) in [5, 5.41) is 6.98. The highest BCUT2D eigenvalue weighted by atomic mass is 16.2. The van der Waals surface area contributed by atoms with Gasteiger partial charge >= 0.3 is 6.03 Å². The number of hydrogen-bond donors (Lipinski definition) is 2. The number of anilines is 2. The molecular formula is C38H45N3O2. The van der Waals surface area contributed by atoms with Crippen molar-refractivity contribution in [3.05, 3.63) is 95.2 Å². The summed E-state index contributed by atoms with van der Waals surface area (Å²) in [5.41, 5.74) is 8.88. The molecule has 3 aliphatic rings. The number of hydrogen-bond acceptors (Lipinski definition) is 3. The van der Waals surface area contributed by atoms with Gasteiger partial charge in [0, 0.05) is 35.1 Å². The maximum absolute atomic E-state index is 13.7. The molecule has 0 aromatic heterocycles. The second-order valence-corrected chi connectivity index (χ2v) is 12.9. The number of urea groups is 1. The van der Waals surface area contributed by atoms with Gasteiger partial charge in [0.05, 0.1) is 6.04 Å². The van der Waals surface area contributed by atoms with Crippen LogP contribution in [0.4, 0.5) is 16.2 Å². The number of allylic oxidation sites excluding steroid dienone is 1. The number of rotatable bonds is 9. The van der Waals surface area contributed by atoms with Crippen molar-refractivity contribution in [1.82, 2.24) is 4.90 Å². The van der Waals surface area contributed by atoms with E-state index in [1.165, 1.54) is 29.7 Å². The first-order valence-corrected chi connectivity index (χ1v) is 16.3. The van der Waals surface area contributed by atoms with Crippen LogP contribution in [0, 0.1) is 11.8 Å². The Morgan fingerprint density at radius 3 is 1.93 bits per heavy atom. The number of nitrogens with one attached hydrogen (secondary N) is 2. The fourth-order valence-corrected chi connectivity index (χ4v) is 6.68. The molecule has 3 fully saturated rings. The van der Waals surface area contributed by atoms with E-state index in [1.54, 1.807) is 0 Å². The van der Waals surface area contributed by atoms with Crippen LogP contribution in [0.2, 0.25) is 0 Å². The van der Waals surface area contributed by atoms with Crippen molar-refractivity contribution in [2.75, 3.05) is 17.2 Å². The van der Waals surface area contributed by atoms with E-state index in [4.69, 9.17) is 0 Å². The predicted molar refractivity (Wildman–Crippen MR) is 176 cm³/mol. The first-order valence-electron chi connectivity index (χ1n) is 16.3. The number of ketones is 1. The number of likely N-dealkylation sites (tertiary alicyclic amines) is 1. The van der Waals surface area contributed by atoms with E-state index < -0.39 is 0 Å². The summed E-state index contributed by atoms with van der Waals surface area (Å²) >= 11 is 0. The molecule has 2 aliphatic carbocycles. The molecular weight excluding hydrogens is 530 g/mol. The number of nitrogens with zero attached hydrogens (tertiary/aromatic N) is 1. The Balaban J connectivity index is 1.18. The van der Waals surface area contributed by atoms with Gasteiger partial charge in [-0.2, -0.15) is 0 Å². The van der Waals surface area contributed by atoms with E-state index in [2.05, 4.69) is 84.8 Å². The minimum atomic E-state index is -0.0212. The zero-order valence-corrected chi connectivity index (χ0v) is 25.9. The molecule has 2 saturated carbocycles. The third-order valence-corrected chi connectivity index (χ3v) is 9.91. The molecule has 5 nitrogen and oxygen atoms in total. The second-order valence-electron chi connectivity index (χ2n) is 12.9. The van der Waals surface area contributed by atoms with Crippen LogP contribution in [-0.4, -0.2) is 29.3 Å². The molecule has 1 aliphatic heterocycles. The summed E-state index contributed by atoms with van der Waals surface area (Å²) in [6.07, 6.45) is 8.66. The van der Waals surface area contributed by atoms with Gasteiger partial charge in [-0.3, -0.25) is 4.79 Å². The van der Waals surface area contributed by atoms with Crippen LogP contribution in [0.5, 0.6) is 0 Å².